The maximum atomic E-state index is 13.3. The number of piperidine rings is 1. The lowest BCUT2D eigenvalue weighted by Crippen LogP contribution is -2.42. The van der Waals surface area contributed by atoms with Gasteiger partial charge in [0.25, 0.3) is 11.8 Å². The van der Waals surface area contributed by atoms with Gasteiger partial charge in [-0.3, -0.25) is 14.3 Å². The molecule has 168 valence electrons. The highest BCUT2D eigenvalue weighted by atomic mass is 16.2. The Bertz CT molecular complexity index is 945. The van der Waals surface area contributed by atoms with Gasteiger partial charge in [0.15, 0.2) is 5.69 Å². The predicted octanol–water partition coefficient (Wildman–Crippen LogP) is 5.13. The quantitative estimate of drug-likeness (QED) is 0.740. The minimum atomic E-state index is -0.300. The van der Waals surface area contributed by atoms with Crippen LogP contribution in [-0.2, 0) is 5.54 Å². The molecule has 2 unspecified atom stereocenters. The van der Waals surface area contributed by atoms with Crippen molar-refractivity contribution < 1.29 is 9.59 Å². The molecule has 0 radical (unpaired) electrons. The smallest absolute Gasteiger partial charge is 0.276 e. The first-order chi connectivity index (χ1) is 14.5. The molecule has 1 aromatic carbocycles. The SMILES string of the molecule is CC1CC(C)CN(C(=O)c2ccccc2NC(=O)c2cc(C(C)C)n(C(C)(C)C)n2)C1. The highest BCUT2D eigenvalue weighted by molar-refractivity contribution is 6.08. The molecule has 1 aromatic heterocycles. The maximum Gasteiger partial charge on any atom is 0.276 e. The van der Waals surface area contributed by atoms with Crippen LogP contribution in [-0.4, -0.2) is 39.6 Å². The Morgan fingerprint density at radius 1 is 1.10 bits per heavy atom. The standard InChI is InChI=1S/C25H36N4O2/c1-16(2)22-13-21(27-29(22)25(5,6)7)23(30)26-20-11-9-8-10-19(20)24(31)28-14-17(3)12-18(4)15-28/h8-11,13,16-18H,12,14-15H2,1-7H3,(H,26,30). The molecule has 2 amide bonds. The fraction of sp³-hybridized carbons (Fsp3) is 0.560. The van der Waals surface area contributed by atoms with Crippen LogP contribution in [0.3, 0.4) is 0 Å². The van der Waals surface area contributed by atoms with Crippen molar-refractivity contribution in [1.29, 1.82) is 0 Å². The molecule has 6 heteroatoms. The number of amides is 2. The van der Waals surface area contributed by atoms with E-state index in [1.165, 1.54) is 0 Å². The van der Waals surface area contributed by atoms with Gasteiger partial charge in [0.2, 0.25) is 0 Å². The first-order valence-corrected chi connectivity index (χ1v) is 11.3. The molecule has 1 fully saturated rings. The van der Waals surface area contributed by atoms with E-state index < -0.39 is 0 Å². The number of anilines is 1. The van der Waals surface area contributed by atoms with Gasteiger partial charge in [0, 0.05) is 18.8 Å². The van der Waals surface area contributed by atoms with E-state index in [2.05, 4.69) is 58.9 Å². The normalized spacial score (nSPS) is 19.5. The second-order valence-corrected chi connectivity index (χ2v) is 10.3. The number of rotatable bonds is 4. The lowest BCUT2D eigenvalue weighted by molar-refractivity contribution is 0.0624. The topological polar surface area (TPSA) is 67.2 Å². The predicted molar refractivity (Wildman–Crippen MR) is 125 cm³/mol. The second kappa shape index (κ2) is 8.85. The van der Waals surface area contributed by atoms with Gasteiger partial charge >= 0.3 is 0 Å². The third-order valence-electron chi connectivity index (χ3n) is 5.76. The van der Waals surface area contributed by atoms with Crippen LogP contribution in [0.1, 0.15) is 87.3 Å². The molecule has 6 nitrogen and oxygen atoms in total. The highest BCUT2D eigenvalue weighted by Crippen LogP contribution is 2.27. The van der Waals surface area contributed by atoms with Crippen LogP contribution in [0.4, 0.5) is 5.69 Å². The van der Waals surface area contributed by atoms with E-state index in [-0.39, 0.29) is 23.3 Å². The van der Waals surface area contributed by atoms with E-state index in [0.29, 0.717) is 28.8 Å². The molecule has 31 heavy (non-hydrogen) atoms. The van der Waals surface area contributed by atoms with Crippen LogP contribution >= 0.6 is 0 Å². The molecule has 2 heterocycles. The summed E-state index contributed by atoms with van der Waals surface area (Å²) in [6.07, 6.45) is 1.14. The Morgan fingerprint density at radius 3 is 2.26 bits per heavy atom. The lowest BCUT2D eigenvalue weighted by atomic mass is 9.91. The summed E-state index contributed by atoms with van der Waals surface area (Å²) in [5.41, 5.74) is 2.20. The third kappa shape index (κ3) is 5.17. The minimum Gasteiger partial charge on any atom is -0.338 e. The summed E-state index contributed by atoms with van der Waals surface area (Å²) in [6.45, 7) is 16.3. The third-order valence-corrected chi connectivity index (χ3v) is 5.76. The summed E-state index contributed by atoms with van der Waals surface area (Å²) in [5.74, 6) is 0.865. The van der Waals surface area contributed by atoms with Crippen molar-refractivity contribution in [2.75, 3.05) is 18.4 Å². The minimum absolute atomic E-state index is 0.0302. The summed E-state index contributed by atoms with van der Waals surface area (Å²) in [7, 11) is 0. The molecule has 0 saturated carbocycles. The molecule has 1 saturated heterocycles. The molecule has 0 bridgehead atoms. The Labute approximate surface area is 186 Å². The molecule has 1 aliphatic heterocycles. The van der Waals surface area contributed by atoms with Crippen molar-refractivity contribution in [1.82, 2.24) is 14.7 Å². The number of para-hydroxylation sites is 1. The summed E-state index contributed by atoms with van der Waals surface area (Å²) < 4.78 is 1.92. The molecule has 1 N–H and O–H groups in total. The summed E-state index contributed by atoms with van der Waals surface area (Å²) in [5, 5.41) is 7.53. The van der Waals surface area contributed by atoms with Crippen molar-refractivity contribution in [2.45, 2.75) is 66.3 Å². The zero-order valence-corrected chi connectivity index (χ0v) is 19.9. The monoisotopic (exact) mass is 424 g/mol. The van der Waals surface area contributed by atoms with Gasteiger partial charge in [0.05, 0.1) is 16.8 Å². The van der Waals surface area contributed by atoms with Gasteiger partial charge in [-0.1, -0.05) is 39.8 Å². The number of benzene rings is 1. The second-order valence-electron chi connectivity index (χ2n) is 10.3. The molecule has 0 spiro atoms. The van der Waals surface area contributed by atoms with Crippen LogP contribution in [0.2, 0.25) is 0 Å². The van der Waals surface area contributed by atoms with Gasteiger partial charge in [-0.05, 0) is 63.1 Å². The molecular formula is C25H36N4O2. The van der Waals surface area contributed by atoms with E-state index in [0.717, 1.165) is 25.2 Å². The van der Waals surface area contributed by atoms with Crippen molar-refractivity contribution in [2.24, 2.45) is 11.8 Å². The van der Waals surface area contributed by atoms with Gasteiger partial charge in [-0.2, -0.15) is 5.10 Å². The van der Waals surface area contributed by atoms with Crippen molar-refractivity contribution in [3.8, 4) is 0 Å². The summed E-state index contributed by atoms with van der Waals surface area (Å²) >= 11 is 0. The first kappa shape index (κ1) is 23.0. The Balaban J connectivity index is 1.86. The van der Waals surface area contributed by atoms with Gasteiger partial charge < -0.3 is 10.2 Å². The Morgan fingerprint density at radius 2 is 1.71 bits per heavy atom. The van der Waals surface area contributed by atoms with Crippen LogP contribution < -0.4 is 5.32 Å². The average molecular weight is 425 g/mol. The maximum absolute atomic E-state index is 13.3. The average Bonchev–Trinajstić information content (AvgIpc) is 3.14. The van der Waals surface area contributed by atoms with Crippen LogP contribution in [0.15, 0.2) is 30.3 Å². The Kier molecular flexibility index (Phi) is 6.58. The van der Waals surface area contributed by atoms with Gasteiger partial charge in [-0.25, -0.2) is 0 Å². The van der Waals surface area contributed by atoms with Crippen molar-refractivity contribution in [3.05, 3.63) is 47.3 Å². The summed E-state index contributed by atoms with van der Waals surface area (Å²) in [4.78, 5) is 28.2. The van der Waals surface area contributed by atoms with Crippen LogP contribution in [0.5, 0.6) is 0 Å². The zero-order valence-electron chi connectivity index (χ0n) is 19.9. The molecule has 0 aliphatic carbocycles. The number of carbonyl (C=O) groups is 2. The van der Waals surface area contributed by atoms with Crippen molar-refractivity contribution >= 4 is 17.5 Å². The fourth-order valence-corrected chi connectivity index (χ4v) is 4.42. The summed E-state index contributed by atoms with van der Waals surface area (Å²) in [6, 6.07) is 9.09. The van der Waals surface area contributed by atoms with E-state index >= 15 is 0 Å². The van der Waals surface area contributed by atoms with E-state index in [1.807, 2.05) is 27.8 Å². The zero-order chi connectivity index (χ0) is 22.9. The van der Waals surface area contributed by atoms with E-state index in [1.54, 1.807) is 12.1 Å². The molecule has 2 atom stereocenters. The number of likely N-dealkylation sites (tertiary alicyclic amines) is 1. The van der Waals surface area contributed by atoms with Crippen molar-refractivity contribution in [3.63, 3.8) is 0 Å². The van der Waals surface area contributed by atoms with Crippen LogP contribution in [0.25, 0.3) is 0 Å². The first-order valence-electron chi connectivity index (χ1n) is 11.3. The lowest BCUT2D eigenvalue weighted by Gasteiger charge is -2.35. The molecular weight excluding hydrogens is 388 g/mol. The number of nitrogens with zero attached hydrogens (tertiary/aromatic N) is 3. The molecule has 1 aliphatic rings. The number of nitrogens with one attached hydrogen (secondary N) is 1. The van der Waals surface area contributed by atoms with Gasteiger partial charge in [0.1, 0.15) is 0 Å². The number of hydrogen-bond acceptors (Lipinski definition) is 3. The number of carbonyl (C=O) groups excluding carboxylic acids is 2. The van der Waals surface area contributed by atoms with E-state index in [4.69, 9.17) is 0 Å². The largest absolute Gasteiger partial charge is 0.338 e. The Hall–Kier alpha value is -2.63. The van der Waals surface area contributed by atoms with Gasteiger partial charge in [-0.15, -0.1) is 0 Å². The molecule has 2 aromatic rings. The number of hydrogen-bond donors (Lipinski definition) is 1. The van der Waals surface area contributed by atoms with E-state index in [9.17, 15) is 9.59 Å². The number of aromatic nitrogens is 2. The molecule has 3 rings (SSSR count). The van der Waals surface area contributed by atoms with Crippen LogP contribution in [0, 0.1) is 11.8 Å². The fourth-order valence-electron chi connectivity index (χ4n) is 4.42. The highest BCUT2D eigenvalue weighted by Gasteiger charge is 2.28.